The number of fused-ring (bicyclic) bond motifs is 3. The molecule has 3 aromatic carbocycles. The number of methoxy groups -OCH3 is 2. The quantitative estimate of drug-likeness (QED) is 0.156. The Morgan fingerprint density at radius 2 is 1.73 bits per heavy atom. The second kappa shape index (κ2) is 10.1. The molecule has 5 rings (SSSR count). The predicted octanol–water partition coefficient (Wildman–Crippen LogP) is 3.28. The fourth-order valence-electron chi connectivity index (χ4n) is 4.55. The zero-order chi connectivity index (χ0) is 28.7. The van der Waals surface area contributed by atoms with E-state index in [-0.39, 0.29) is 45.8 Å². The van der Waals surface area contributed by atoms with Gasteiger partial charge < -0.3 is 43.8 Å². The minimum Gasteiger partial charge on any atom is -0.507 e. The monoisotopic (exact) mass is 550 g/mol. The highest BCUT2D eigenvalue weighted by atomic mass is 16.6. The van der Waals surface area contributed by atoms with Crippen molar-refractivity contribution in [2.75, 3.05) is 20.8 Å². The third kappa shape index (κ3) is 4.45. The van der Waals surface area contributed by atoms with Crippen LogP contribution in [0.25, 0.3) is 22.3 Å². The molecule has 0 saturated carbocycles. The van der Waals surface area contributed by atoms with Crippen molar-refractivity contribution in [2.24, 2.45) is 0 Å². The lowest BCUT2D eigenvalue weighted by atomic mass is 9.85. The van der Waals surface area contributed by atoms with E-state index in [2.05, 4.69) is 4.74 Å². The van der Waals surface area contributed by atoms with Crippen LogP contribution in [0.1, 0.15) is 23.5 Å². The van der Waals surface area contributed by atoms with Crippen LogP contribution in [0.5, 0.6) is 40.2 Å². The lowest BCUT2D eigenvalue weighted by Gasteiger charge is -2.26. The van der Waals surface area contributed by atoms with Gasteiger partial charge in [-0.05, 0) is 35.9 Å². The summed E-state index contributed by atoms with van der Waals surface area (Å²) in [6, 6.07) is 9.38. The van der Waals surface area contributed by atoms with Crippen LogP contribution in [0.3, 0.4) is 0 Å². The van der Waals surface area contributed by atoms with Crippen molar-refractivity contribution in [1.29, 1.82) is 0 Å². The van der Waals surface area contributed by atoms with Gasteiger partial charge in [-0.3, -0.25) is 9.59 Å². The van der Waals surface area contributed by atoms with Gasteiger partial charge in [0.05, 0.1) is 20.6 Å². The Balaban J connectivity index is 1.74. The number of carbonyl (C=O) groups excluding carboxylic acids is 2. The Bertz CT molecular complexity index is 1740. The zero-order valence-electron chi connectivity index (χ0n) is 21.1. The molecule has 12 heteroatoms. The van der Waals surface area contributed by atoms with Crippen LogP contribution in [0.15, 0.2) is 51.7 Å². The fraction of sp³-hybridized carbons (Fsp3) is 0.179. The molecule has 1 unspecified atom stereocenters. The first-order valence-electron chi connectivity index (χ1n) is 11.8. The van der Waals surface area contributed by atoms with Gasteiger partial charge in [0, 0.05) is 23.1 Å². The number of hydrogen-bond donors (Lipinski definition) is 4. The summed E-state index contributed by atoms with van der Waals surface area (Å²) >= 11 is 0. The summed E-state index contributed by atoms with van der Waals surface area (Å²) in [5.74, 6) is -4.41. The molecule has 0 amide bonds. The number of phenolic OH excluding ortho intramolecular Hbond substituents is 3. The zero-order valence-corrected chi connectivity index (χ0v) is 21.1. The molecule has 0 saturated heterocycles. The molecule has 1 aliphatic heterocycles. The van der Waals surface area contributed by atoms with Crippen LogP contribution in [0.4, 0.5) is 0 Å². The van der Waals surface area contributed by atoms with Crippen molar-refractivity contribution in [2.45, 2.75) is 12.3 Å². The van der Waals surface area contributed by atoms with E-state index < -0.39 is 52.9 Å². The minimum atomic E-state index is -0.975. The Kier molecular flexibility index (Phi) is 6.59. The van der Waals surface area contributed by atoms with Crippen LogP contribution >= 0.6 is 0 Å². The summed E-state index contributed by atoms with van der Waals surface area (Å²) in [5, 5.41) is 40.6. The van der Waals surface area contributed by atoms with Gasteiger partial charge in [0.2, 0.25) is 11.2 Å². The Morgan fingerprint density at radius 1 is 0.950 bits per heavy atom. The molecule has 4 aromatic rings. The molecule has 1 atom stereocenters. The van der Waals surface area contributed by atoms with Gasteiger partial charge in [0.1, 0.15) is 22.5 Å². The maximum Gasteiger partial charge on any atom is 0.343 e. The van der Waals surface area contributed by atoms with Crippen LogP contribution in [0.2, 0.25) is 0 Å². The molecule has 0 spiro atoms. The number of phenols is 3. The number of rotatable bonds is 6. The largest absolute Gasteiger partial charge is 0.507 e. The predicted molar refractivity (Wildman–Crippen MR) is 137 cm³/mol. The van der Waals surface area contributed by atoms with Gasteiger partial charge in [0.25, 0.3) is 0 Å². The normalized spacial score (nSPS) is 14.3. The molecule has 2 heterocycles. The van der Waals surface area contributed by atoms with Gasteiger partial charge in [-0.15, -0.1) is 0 Å². The number of esters is 2. The minimum absolute atomic E-state index is 0.0520. The SMILES string of the molecule is COC(=O)COc1cc(C2CC(=O)Oc3cc(O)c4c(=O)c(O)c(-c5ccc(O)c(O)c5)oc4c32)ccc1OC. The Morgan fingerprint density at radius 3 is 2.42 bits per heavy atom. The van der Waals surface area contributed by atoms with Gasteiger partial charge in [0.15, 0.2) is 35.4 Å². The van der Waals surface area contributed by atoms with Crippen LogP contribution in [-0.4, -0.2) is 53.2 Å². The number of aromatic hydroxyl groups is 4. The van der Waals surface area contributed by atoms with Crippen LogP contribution in [0, 0.1) is 0 Å². The van der Waals surface area contributed by atoms with E-state index in [1.807, 2.05) is 0 Å². The van der Waals surface area contributed by atoms with E-state index in [0.29, 0.717) is 11.3 Å². The van der Waals surface area contributed by atoms with E-state index in [1.165, 1.54) is 20.3 Å². The van der Waals surface area contributed by atoms with Crippen molar-refractivity contribution < 1.29 is 53.4 Å². The standard InChI is InChI=1S/C28H22O12/c1-36-18-6-4-12(8-19(18)38-11-22(33)37-2)14-9-21(32)39-20-10-17(31)24-25(34)26(35)27(40-28(24)23(14)20)13-3-5-15(29)16(30)7-13/h3-8,10,14,29-31,35H,9,11H2,1-2H3. The summed E-state index contributed by atoms with van der Waals surface area (Å²) in [4.78, 5) is 37.5. The Labute approximate surface area is 225 Å². The fourth-order valence-corrected chi connectivity index (χ4v) is 4.55. The van der Waals surface area contributed by atoms with E-state index in [9.17, 15) is 34.8 Å². The summed E-state index contributed by atoms with van der Waals surface area (Å²) in [6.45, 7) is -0.409. The van der Waals surface area contributed by atoms with Crippen molar-refractivity contribution >= 4 is 22.9 Å². The highest BCUT2D eigenvalue weighted by Crippen LogP contribution is 2.48. The maximum absolute atomic E-state index is 13.2. The second-order valence-corrected chi connectivity index (χ2v) is 8.83. The number of hydrogen-bond acceptors (Lipinski definition) is 12. The molecule has 1 aliphatic rings. The summed E-state index contributed by atoms with van der Waals surface area (Å²) in [7, 11) is 2.62. The Hall–Kier alpha value is -5.39. The highest BCUT2D eigenvalue weighted by molar-refractivity contribution is 5.94. The van der Waals surface area contributed by atoms with Crippen molar-refractivity contribution in [3.63, 3.8) is 0 Å². The van der Waals surface area contributed by atoms with Crippen molar-refractivity contribution in [3.8, 4) is 51.6 Å². The van der Waals surface area contributed by atoms with E-state index in [4.69, 9.17) is 18.6 Å². The molecule has 12 nitrogen and oxygen atoms in total. The van der Waals surface area contributed by atoms with E-state index >= 15 is 0 Å². The summed E-state index contributed by atoms with van der Waals surface area (Å²) in [6.07, 6.45) is -0.199. The molecule has 206 valence electrons. The average Bonchev–Trinajstić information content (AvgIpc) is 2.94. The first kappa shape index (κ1) is 26.2. The van der Waals surface area contributed by atoms with Gasteiger partial charge >= 0.3 is 11.9 Å². The summed E-state index contributed by atoms with van der Waals surface area (Å²) in [5.41, 5.74) is -0.388. The smallest absolute Gasteiger partial charge is 0.343 e. The highest BCUT2D eigenvalue weighted by Gasteiger charge is 2.35. The number of carbonyl (C=O) groups is 2. The number of ether oxygens (including phenoxy) is 4. The second-order valence-electron chi connectivity index (χ2n) is 8.83. The van der Waals surface area contributed by atoms with E-state index in [0.717, 1.165) is 18.2 Å². The van der Waals surface area contributed by atoms with E-state index in [1.54, 1.807) is 18.2 Å². The van der Waals surface area contributed by atoms with Crippen molar-refractivity contribution in [3.05, 3.63) is 63.8 Å². The molecule has 4 N–H and O–H groups in total. The lowest BCUT2D eigenvalue weighted by Crippen LogP contribution is -2.22. The first-order chi connectivity index (χ1) is 19.1. The number of benzene rings is 3. The molecule has 0 aliphatic carbocycles. The summed E-state index contributed by atoms with van der Waals surface area (Å²) < 4.78 is 26.8. The lowest BCUT2D eigenvalue weighted by molar-refractivity contribution is -0.143. The molecule has 40 heavy (non-hydrogen) atoms. The molecular weight excluding hydrogens is 528 g/mol. The molecule has 0 bridgehead atoms. The molecule has 0 fully saturated rings. The van der Waals surface area contributed by atoms with Crippen molar-refractivity contribution in [1.82, 2.24) is 0 Å². The van der Waals surface area contributed by atoms with Gasteiger partial charge in [-0.2, -0.15) is 0 Å². The molecular formula is C28H22O12. The van der Waals surface area contributed by atoms with Gasteiger partial charge in [-0.25, -0.2) is 4.79 Å². The third-order valence-corrected chi connectivity index (χ3v) is 6.47. The topological polar surface area (TPSA) is 182 Å². The molecule has 0 radical (unpaired) electrons. The average molecular weight is 550 g/mol. The third-order valence-electron chi connectivity index (χ3n) is 6.47. The van der Waals surface area contributed by atoms with Gasteiger partial charge in [-0.1, -0.05) is 6.07 Å². The molecule has 1 aromatic heterocycles. The first-order valence-corrected chi connectivity index (χ1v) is 11.8. The van der Waals surface area contributed by atoms with Crippen LogP contribution < -0.4 is 19.6 Å². The maximum atomic E-state index is 13.2. The van der Waals surface area contributed by atoms with Crippen LogP contribution in [-0.2, 0) is 14.3 Å².